The van der Waals surface area contributed by atoms with Crippen molar-refractivity contribution in [3.63, 3.8) is 0 Å². The van der Waals surface area contributed by atoms with Crippen molar-refractivity contribution in [2.75, 3.05) is 13.2 Å². The van der Waals surface area contributed by atoms with E-state index in [0.717, 1.165) is 24.2 Å². The molecule has 3 rings (SSSR count). The first-order valence-electron chi connectivity index (χ1n) is 11.5. The Kier molecular flexibility index (Phi) is 8.38. The Bertz CT molecular complexity index is 1160. The fraction of sp³-hybridized carbons (Fsp3) is 0.609. The highest BCUT2D eigenvalue weighted by Gasteiger charge is 2.39. The summed E-state index contributed by atoms with van der Waals surface area (Å²) in [6.07, 6.45) is -5.64. The van der Waals surface area contributed by atoms with Gasteiger partial charge in [0.2, 0.25) is 0 Å². The van der Waals surface area contributed by atoms with Gasteiger partial charge in [-0.2, -0.15) is 27.1 Å². The third-order valence-corrected chi connectivity index (χ3v) is 9.89. The SMILES string of the molecule is CC(F)(F)c1cc(C2CC(S(=O)(=O)c3cccc(C(F)(F)F)c3)CCO2)n(COCC[Si](C)(C)C)n1. The van der Waals surface area contributed by atoms with Crippen LogP contribution >= 0.6 is 0 Å². The van der Waals surface area contributed by atoms with Gasteiger partial charge in [0, 0.05) is 28.2 Å². The van der Waals surface area contributed by atoms with Crippen LogP contribution in [0.3, 0.4) is 0 Å². The third kappa shape index (κ3) is 7.14. The van der Waals surface area contributed by atoms with Crippen molar-refractivity contribution in [1.29, 1.82) is 0 Å². The molecule has 1 aliphatic rings. The first-order chi connectivity index (χ1) is 16.5. The van der Waals surface area contributed by atoms with Crippen molar-refractivity contribution < 1.29 is 39.8 Å². The first-order valence-corrected chi connectivity index (χ1v) is 16.8. The van der Waals surface area contributed by atoms with Crippen molar-refractivity contribution in [3.05, 3.63) is 47.3 Å². The topological polar surface area (TPSA) is 70.4 Å². The van der Waals surface area contributed by atoms with Crippen molar-refractivity contribution >= 4 is 17.9 Å². The lowest BCUT2D eigenvalue weighted by atomic mass is 10.0. The van der Waals surface area contributed by atoms with Gasteiger partial charge in [-0.05, 0) is 43.2 Å². The fourth-order valence-corrected chi connectivity index (χ4v) is 6.37. The molecule has 202 valence electrons. The minimum Gasteiger partial charge on any atom is -0.372 e. The van der Waals surface area contributed by atoms with Crippen LogP contribution in [0, 0.1) is 0 Å². The molecular formula is C23H31F5N2O4SSi. The molecule has 0 aliphatic carbocycles. The Labute approximate surface area is 208 Å². The highest BCUT2D eigenvalue weighted by atomic mass is 32.2. The minimum absolute atomic E-state index is 0.00691. The molecule has 2 atom stereocenters. The second-order valence-electron chi connectivity index (χ2n) is 10.3. The standard InChI is InChI=1S/C23H31F5N2O4SSi/c1-22(24,25)21-14-19(30(29-21)15-33-10-11-36(2,3)4)20-13-18(8-9-34-20)35(31,32)17-7-5-6-16(12-17)23(26,27)28/h5-7,12,14,18,20H,8-11,13,15H2,1-4H3. The molecule has 2 heterocycles. The molecule has 1 aromatic heterocycles. The lowest BCUT2D eigenvalue weighted by Gasteiger charge is -2.30. The quantitative estimate of drug-likeness (QED) is 0.215. The predicted molar refractivity (Wildman–Crippen MR) is 126 cm³/mol. The second kappa shape index (κ2) is 10.5. The van der Waals surface area contributed by atoms with Crippen LogP contribution in [0.1, 0.15) is 42.8 Å². The van der Waals surface area contributed by atoms with Crippen LogP contribution in [0.4, 0.5) is 22.0 Å². The van der Waals surface area contributed by atoms with Crippen LogP contribution in [0.15, 0.2) is 35.2 Å². The number of hydrogen-bond donors (Lipinski definition) is 0. The second-order valence-corrected chi connectivity index (χ2v) is 18.1. The number of rotatable bonds is 9. The van der Waals surface area contributed by atoms with Crippen molar-refractivity contribution in [1.82, 2.24) is 9.78 Å². The smallest absolute Gasteiger partial charge is 0.372 e. The molecule has 36 heavy (non-hydrogen) atoms. The van der Waals surface area contributed by atoms with Crippen LogP contribution in [0.2, 0.25) is 25.7 Å². The van der Waals surface area contributed by atoms with Gasteiger partial charge in [0.15, 0.2) is 9.84 Å². The molecule has 0 amide bonds. The maximum atomic E-state index is 14.0. The van der Waals surface area contributed by atoms with Gasteiger partial charge < -0.3 is 9.47 Å². The Balaban J connectivity index is 1.85. The number of alkyl halides is 5. The zero-order chi connectivity index (χ0) is 26.9. The molecule has 0 spiro atoms. The molecule has 1 fully saturated rings. The highest BCUT2D eigenvalue weighted by Crippen LogP contribution is 2.37. The monoisotopic (exact) mass is 554 g/mol. The zero-order valence-electron chi connectivity index (χ0n) is 20.6. The number of benzene rings is 1. The number of nitrogens with zero attached hydrogens (tertiary/aromatic N) is 2. The molecule has 2 aromatic rings. The Morgan fingerprint density at radius 1 is 1.17 bits per heavy atom. The number of ether oxygens (including phenoxy) is 2. The van der Waals surface area contributed by atoms with Gasteiger partial charge >= 0.3 is 6.18 Å². The van der Waals surface area contributed by atoms with Crippen LogP contribution in [0.5, 0.6) is 0 Å². The summed E-state index contributed by atoms with van der Waals surface area (Å²) in [5.74, 6) is -3.24. The summed E-state index contributed by atoms with van der Waals surface area (Å²) < 4.78 is 107. The number of hydrogen-bond acceptors (Lipinski definition) is 5. The van der Waals surface area contributed by atoms with Crippen LogP contribution in [-0.2, 0) is 38.1 Å². The Morgan fingerprint density at radius 2 is 1.86 bits per heavy atom. The largest absolute Gasteiger partial charge is 0.416 e. The van der Waals surface area contributed by atoms with Crippen LogP contribution < -0.4 is 0 Å². The molecule has 0 radical (unpaired) electrons. The van der Waals surface area contributed by atoms with Gasteiger partial charge in [-0.1, -0.05) is 25.7 Å². The first kappa shape index (κ1) is 28.7. The molecule has 0 bridgehead atoms. The maximum Gasteiger partial charge on any atom is 0.416 e. The Hall–Kier alpha value is -1.83. The highest BCUT2D eigenvalue weighted by molar-refractivity contribution is 7.92. The zero-order valence-corrected chi connectivity index (χ0v) is 22.4. The van der Waals surface area contributed by atoms with E-state index in [2.05, 4.69) is 24.7 Å². The molecule has 6 nitrogen and oxygen atoms in total. The Morgan fingerprint density at radius 3 is 2.47 bits per heavy atom. The summed E-state index contributed by atoms with van der Waals surface area (Å²) in [5.41, 5.74) is -1.32. The van der Waals surface area contributed by atoms with E-state index in [1.165, 1.54) is 10.7 Å². The summed E-state index contributed by atoms with van der Waals surface area (Å²) in [6.45, 7) is 7.53. The van der Waals surface area contributed by atoms with Crippen molar-refractivity contribution in [3.8, 4) is 0 Å². The third-order valence-electron chi connectivity index (χ3n) is 5.97. The lowest BCUT2D eigenvalue weighted by Crippen LogP contribution is -2.32. The maximum absolute atomic E-state index is 14.0. The predicted octanol–water partition coefficient (Wildman–Crippen LogP) is 6.02. The molecule has 0 N–H and O–H groups in total. The van der Waals surface area contributed by atoms with Crippen LogP contribution in [-0.4, -0.2) is 44.7 Å². The summed E-state index contributed by atoms with van der Waals surface area (Å²) >= 11 is 0. The van der Waals surface area contributed by atoms with E-state index < -0.39 is 57.5 Å². The minimum atomic E-state index is -4.69. The number of halogens is 5. The molecular weight excluding hydrogens is 523 g/mol. The molecule has 0 saturated carbocycles. The van der Waals surface area contributed by atoms with Gasteiger partial charge in [-0.25, -0.2) is 13.1 Å². The summed E-state index contributed by atoms with van der Waals surface area (Å²) in [4.78, 5) is -0.438. The lowest BCUT2D eigenvalue weighted by molar-refractivity contribution is -0.137. The van der Waals surface area contributed by atoms with Crippen molar-refractivity contribution in [2.45, 2.75) is 80.5 Å². The van der Waals surface area contributed by atoms with E-state index in [4.69, 9.17) is 9.47 Å². The van der Waals surface area contributed by atoms with Gasteiger partial charge in [0.25, 0.3) is 5.92 Å². The average molecular weight is 555 g/mol. The fourth-order valence-electron chi connectivity index (χ4n) is 3.83. The average Bonchev–Trinajstić information content (AvgIpc) is 3.20. The van der Waals surface area contributed by atoms with E-state index in [0.29, 0.717) is 19.6 Å². The van der Waals surface area contributed by atoms with Crippen LogP contribution in [0.25, 0.3) is 0 Å². The summed E-state index contributed by atoms with van der Waals surface area (Å²) in [5, 5.41) is 2.92. The van der Waals surface area contributed by atoms with Gasteiger partial charge in [0.05, 0.1) is 21.4 Å². The normalized spacial score (nSPS) is 20.0. The van der Waals surface area contributed by atoms with E-state index in [9.17, 15) is 30.4 Å². The molecule has 1 aromatic carbocycles. The molecule has 13 heteroatoms. The van der Waals surface area contributed by atoms with Gasteiger partial charge in [0.1, 0.15) is 18.5 Å². The summed E-state index contributed by atoms with van der Waals surface area (Å²) in [7, 11) is -5.52. The van der Waals surface area contributed by atoms with E-state index in [-0.39, 0.29) is 31.9 Å². The van der Waals surface area contributed by atoms with E-state index in [1.54, 1.807) is 0 Å². The van der Waals surface area contributed by atoms with Gasteiger partial charge in [-0.15, -0.1) is 0 Å². The molecule has 1 saturated heterocycles. The van der Waals surface area contributed by atoms with E-state index in [1.807, 2.05) is 0 Å². The molecule has 2 unspecified atom stereocenters. The molecule has 1 aliphatic heterocycles. The van der Waals surface area contributed by atoms with Gasteiger partial charge in [-0.3, -0.25) is 0 Å². The van der Waals surface area contributed by atoms with E-state index >= 15 is 0 Å². The number of aromatic nitrogens is 2. The summed E-state index contributed by atoms with van der Waals surface area (Å²) in [6, 6.07) is 5.63. The van der Waals surface area contributed by atoms with Crippen molar-refractivity contribution in [2.24, 2.45) is 0 Å². The number of sulfone groups is 1.